The van der Waals surface area contributed by atoms with Crippen molar-refractivity contribution in [3.63, 3.8) is 0 Å². The normalized spacial score (nSPS) is 9.00. The number of carbonyl (C=O) groups is 3. The van der Waals surface area contributed by atoms with Gasteiger partial charge in [-0.2, -0.15) is 0 Å². The maximum absolute atomic E-state index is 10.8. The SMILES string of the molecule is CNN.NNC(=O)CN(CC=O)CC(=O)NN. The van der Waals surface area contributed by atoms with Gasteiger partial charge >= 0.3 is 0 Å². The number of nitrogens with one attached hydrogen (secondary N) is 3. The Morgan fingerprint density at radius 2 is 1.47 bits per heavy atom. The Bertz CT molecular complexity index is 218. The van der Waals surface area contributed by atoms with Gasteiger partial charge in [-0.15, -0.1) is 0 Å². The van der Waals surface area contributed by atoms with E-state index in [1.807, 2.05) is 10.9 Å². The molecule has 0 heterocycles. The number of carbonyl (C=O) groups excluding carboxylic acids is 3. The van der Waals surface area contributed by atoms with Crippen molar-refractivity contribution in [3.8, 4) is 0 Å². The number of hydrogen-bond donors (Lipinski definition) is 6. The lowest BCUT2D eigenvalue weighted by Gasteiger charge is -2.16. The molecule has 0 atom stereocenters. The van der Waals surface area contributed by atoms with Crippen molar-refractivity contribution in [2.75, 3.05) is 26.7 Å². The lowest BCUT2D eigenvalue weighted by Crippen LogP contribution is -2.46. The maximum Gasteiger partial charge on any atom is 0.248 e. The zero-order valence-corrected chi connectivity index (χ0v) is 9.60. The van der Waals surface area contributed by atoms with Gasteiger partial charge < -0.3 is 4.79 Å². The van der Waals surface area contributed by atoms with E-state index in [9.17, 15) is 14.4 Å². The summed E-state index contributed by atoms with van der Waals surface area (Å²) < 4.78 is 0. The first-order valence-corrected chi connectivity index (χ1v) is 4.57. The van der Waals surface area contributed by atoms with Crippen LogP contribution >= 0.6 is 0 Å². The molecule has 0 fully saturated rings. The third kappa shape index (κ3) is 12.3. The molecule has 0 aliphatic carbocycles. The topological polar surface area (TPSA) is 169 Å². The minimum Gasteiger partial charge on any atom is -0.302 e. The summed E-state index contributed by atoms with van der Waals surface area (Å²) in [6.45, 7) is -0.313. The van der Waals surface area contributed by atoms with Gasteiger partial charge in [0, 0.05) is 0 Å². The summed E-state index contributed by atoms with van der Waals surface area (Å²) in [4.78, 5) is 33.1. The molecule has 0 rings (SSSR count). The van der Waals surface area contributed by atoms with Gasteiger partial charge in [0.1, 0.15) is 6.29 Å². The van der Waals surface area contributed by atoms with E-state index in [1.165, 1.54) is 4.90 Å². The van der Waals surface area contributed by atoms with Gasteiger partial charge in [0.15, 0.2) is 0 Å². The van der Waals surface area contributed by atoms with Crippen molar-refractivity contribution in [2.24, 2.45) is 17.5 Å². The zero-order valence-electron chi connectivity index (χ0n) is 9.60. The van der Waals surface area contributed by atoms with Crippen LogP contribution in [0.3, 0.4) is 0 Å². The largest absolute Gasteiger partial charge is 0.302 e. The highest BCUT2D eigenvalue weighted by atomic mass is 16.2. The first kappa shape index (κ1) is 17.8. The molecular weight excluding hydrogens is 230 g/mol. The summed E-state index contributed by atoms with van der Waals surface area (Å²) in [5.41, 5.74) is 6.02. The van der Waals surface area contributed by atoms with Crippen LogP contribution in [0.1, 0.15) is 0 Å². The van der Waals surface area contributed by atoms with Gasteiger partial charge in [-0.3, -0.25) is 36.6 Å². The molecule has 0 aromatic rings. The Morgan fingerprint density at radius 1 is 1.12 bits per heavy atom. The summed E-state index contributed by atoms with van der Waals surface area (Å²) in [7, 11) is 1.65. The molecule has 10 nitrogen and oxygen atoms in total. The molecule has 0 radical (unpaired) electrons. The summed E-state index contributed by atoms with van der Waals surface area (Å²) in [5, 5.41) is 0. The highest BCUT2D eigenvalue weighted by Gasteiger charge is 2.12. The first-order chi connectivity index (χ1) is 8.05. The zero-order chi connectivity index (χ0) is 13.7. The second-order valence-electron chi connectivity index (χ2n) is 2.76. The van der Waals surface area contributed by atoms with Crippen LogP contribution in [-0.2, 0) is 14.4 Å². The lowest BCUT2D eigenvalue weighted by molar-refractivity contribution is -0.125. The van der Waals surface area contributed by atoms with Crippen LogP contribution in [0.15, 0.2) is 0 Å². The second kappa shape index (κ2) is 12.5. The molecule has 17 heavy (non-hydrogen) atoms. The molecule has 10 heteroatoms. The highest BCUT2D eigenvalue weighted by Crippen LogP contribution is 1.85. The summed E-state index contributed by atoms with van der Waals surface area (Å²) in [6.07, 6.45) is 0.577. The molecule has 0 saturated carbocycles. The predicted octanol–water partition coefficient (Wildman–Crippen LogP) is -4.45. The van der Waals surface area contributed by atoms with Gasteiger partial charge in [-0.1, -0.05) is 0 Å². The predicted molar refractivity (Wildman–Crippen MR) is 60.4 cm³/mol. The minimum absolute atomic E-state index is 0.0408. The number of aldehydes is 1. The number of nitrogens with two attached hydrogens (primary N) is 3. The van der Waals surface area contributed by atoms with Crippen molar-refractivity contribution < 1.29 is 14.4 Å². The fourth-order valence-corrected chi connectivity index (χ4v) is 0.788. The molecule has 0 unspecified atom stereocenters. The fourth-order valence-electron chi connectivity index (χ4n) is 0.788. The summed E-state index contributed by atoms with van der Waals surface area (Å²) in [5.74, 6) is 13.3. The molecule has 0 spiro atoms. The Morgan fingerprint density at radius 3 is 1.71 bits per heavy atom. The van der Waals surface area contributed by atoms with Gasteiger partial charge in [0.05, 0.1) is 19.6 Å². The Hall–Kier alpha value is -1.59. The van der Waals surface area contributed by atoms with E-state index >= 15 is 0 Å². The van der Waals surface area contributed by atoms with E-state index in [0.717, 1.165) is 0 Å². The lowest BCUT2D eigenvalue weighted by atomic mass is 10.4. The van der Waals surface area contributed by atoms with Crippen molar-refractivity contribution in [3.05, 3.63) is 0 Å². The van der Waals surface area contributed by atoms with Crippen LogP contribution in [0, 0.1) is 0 Å². The Labute approximate surface area is 98.8 Å². The van der Waals surface area contributed by atoms with Crippen molar-refractivity contribution in [1.82, 2.24) is 21.2 Å². The van der Waals surface area contributed by atoms with Crippen LogP contribution in [0.5, 0.6) is 0 Å². The molecule has 100 valence electrons. The number of hydrazine groups is 3. The van der Waals surface area contributed by atoms with Crippen molar-refractivity contribution in [2.45, 2.75) is 0 Å². The Balaban J connectivity index is 0. The van der Waals surface area contributed by atoms with Gasteiger partial charge in [0.25, 0.3) is 0 Å². The molecule has 0 aromatic heterocycles. The average Bonchev–Trinajstić information content (AvgIpc) is 2.30. The maximum atomic E-state index is 10.8. The molecule has 0 aliphatic heterocycles. The van der Waals surface area contributed by atoms with Crippen LogP contribution in [0.25, 0.3) is 0 Å². The smallest absolute Gasteiger partial charge is 0.248 e. The Kier molecular flexibility index (Phi) is 13.1. The third-order valence-corrected chi connectivity index (χ3v) is 1.39. The van der Waals surface area contributed by atoms with Gasteiger partial charge in [-0.25, -0.2) is 11.7 Å². The quantitative estimate of drug-likeness (QED) is 0.118. The van der Waals surface area contributed by atoms with E-state index in [2.05, 4.69) is 11.3 Å². The standard InChI is InChI=1S/C6H13N5O3.CH6N2/c7-9-5(13)3-11(1-2-12)4-6(14)10-8;1-3-2/h2H,1,3-4,7-8H2,(H,9,13)(H,10,14);3H,2H2,1H3. The monoisotopic (exact) mass is 249 g/mol. The molecule has 0 saturated heterocycles. The van der Waals surface area contributed by atoms with E-state index in [4.69, 9.17) is 11.7 Å². The molecule has 9 N–H and O–H groups in total. The molecular formula is C7H19N7O3. The highest BCUT2D eigenvalue weighted by molar-refractivity contribution is 5.81. The number of amides is 2. The van der Waals surface area contributed by atoms with Crippen LogP contribution < -0.4 is 33.8 Å². The van der Waals surface area contributed by atoms with E-state index in [1.54, 1.807) is 7.05 Å². The van der Waals surface area contributed by atoms with Gasteiger partial charge in [0.2, 0.25) is 11.8 Å². The summed E-state index contributed by atoms with van der Waals surface area (Å²) in [6, 6.07) is 0. The van der Waals surface area contributed by atoms with Crippen molar-refractivity contribution in [1.29, 1.82) is 0 Å². The number of hydrogen-bond acceptors (Lipinski definition) is 8. The van der Waals surface area contributed by atoms with Crippen LogP contribution in [0.4, 0.5) is 0 Å². The summed E-state index contributed by atoms with van der Waals surface area (Å²) >= 11 is 0. The fraction of sp³-hybridized carbons (Fsp3) is 0.571. The van der Waals surface area contributed by atoms with E-state index in [0.29, 0.717) is 6.29 Å². The third-order valence-electron chi connectivity index (χ3n) is 1.39. The first-order valence-electron chi connectivity index (χ1n) is 4.57. The van der Waals surface area contributed by atoms with Crippen LogP contribution in [-0.4, -0.2) is 49.7 Å². The molecule has 0 aromatic carbocycles. The molecule has 0 aliphatic rings. The molecule has 2 amide bonds. The number of nitrogens with zero attached hydrogens (tertiary/aromatic N) is 1. The van der Waals surface area contributed by atoms with Crippen molar-refractivity contribution >= 4 is 18.1 Å². The van der Waals surface area contributed by atoms with Gasteiger partial charge in [-0.05, 0) is 7.05 Å². The average molecular weight is 249 g/mol. The van der Waals surface area contributed by atoms with E-state index < -0.39 is 11.8 Å². The minimum atomic E-state index is -0.489. The van der Waals surface area contributed by atoms with E-state index in [-0.39, 0.29) is 19.6 Å². The number of rotatable bonds is 6. The second-order valence-corrected chi connectivity index (χ2v) is 2.76. The van der Waals surface area contributed by atoms with Crippen LogP contribution in [0.2, 0.25) is 0 Å². The molecule has 0 bridgehead atoms.